The van der Waals surface area contributed by atoms with Gasteiger partial charge in [-0.15, -0.1) is 0 Å². The van der Waals surface area contributed by atoms with E-state index >= 15 is 0 Å². The number of benzene rings is 2. The Morgan fingerprint density at radius 3 is 2.41 bits per heavy atom. The smallest absolute Gasteiger partial charge is 0.145 e. The molecule has 0 saturated heterocycles. The number of halogens is 3. The minimum atomic E-state index is -0.951. The van der Waals surface area contributed by atoms with Gasteiger partial charge in [-0.05, 0) is 81.7 Å². The van der Waals surface area contributed by atoms with Crippen LogP contribution < -0.4 is 0 Å². The van der Waals surface area contributed by atoms with Crippen molar-refractivity contribution < 1.29 is 18.8 Å². The molecule has 4 fully saturated rings. The van der Waals surface area contributed by atoms with Gasteiger partial charge >= 0.3 is 0 Å². The van der Waals surface area contributed by atoms with Crippen LogP contribution in [0.15, 0.2) is 40.9 Å². The van der Waals surface area contributed by atoms with Crippen LogP contribution in [0.25, 0.3) is 11.3 Å². The first-order valence-electron chi connectivity index (χ1n) is 12.8. The predicted octanol–water partition coefficient (Wildman–Crippen LogP) is 7.88. The molecule has 2 aromatic carbocycles. The number of aliphatic hydroxyl groups is 1. The quantitative estimate of drug-likeness (QED) is 0.329. The van der Waals surface area contributed by atoms with Gasteiger partial charge in [-0.1, -0.05) is 34.4 Å². The minimum Gasteiger partial charge on any atom is -0.388 e. The zero-order valence-corrected chi connectivity index (χ0v) is 21.8. The summed E-state index contributed by atoms with van der Waals surface area (Å²) in [7, 11) is 0. The van der Waals surface area contributed by atoms with Crippen molar-refractivity contribution in [3.63, 3.8) is 0 Å². The van der Waals surface area contributed by atoms with Crippen molar-refractivity contribution in [3.8, 4) is 17.3 Å². The summed E-state index contributed by atoms with van der Waals surface area (Å²) in [5, 5.41) is 25.9. The van der Waals surface area contributed by atoms with Crippen LogP contribution in [0.5, 0.6) is 0 Å². The summed E-state index contributed by atoms with van der Waals surface area (Å²) in [5.41, 5.74) is 2.05. The van der Waals surface area contributed by atoms with Crippen LogP contribution in [-0.4, -0.2) is 15.9 Å². The SMILES string of the molecule is N#Cc1ccc(F)c(C(O)C23CCC(OCc4c(-c5c(Cl)cccc5Cl)noc4C4CC4)(CC2)CC3)c1. The largest absolute Gasteiger partial charge is 0.388 e. The number of fused-ring (bicyclic) bond motifs is 3. The molecule has 192 valence electrons. The van der Waals surface area contributed by atoms with E-state index in [1.54, 1.807) is 18.2 Å². The highest BCUT2D eigenvalue weighted by Crippen LogP contribution is 2.59. The van der Waals surface area contributed by atoms with E-state index in [-0.39, 0.29) is 11.2 Å². The monoisotopic (exact) mass is 540 g/mol. The van der Waals surface area contributed by atoms with Crippen molar-refractivity contribution in [2.45, 2.75) is 75.6 Å². The van der Waals surface area contributed by atoms with Gasteiger partial charge in [-0.25, -0.2) is 4.39 Å². The van der Waals surface area contributed by atoms with Gasteiger partial charge in [0.1, 0.15) is 17.3 Å². The summed E-state index contributed by atoms with van der Waals surface area (Å²) < 4.78 is 27.1. The minimum absolute atomic E-state index is 0.217. The third-order valence-electron chi connectivity index (χ3n) is 8.72. The Morgan fingerprint density at radius 2 is 1.78 bits per heavy atom. The fourth-order valence-corrected chi connectivity index (χ4v) is 6.81. The summed E-state index contributed by atoms with van der Waals surface area (Å²) in [5.74, 6) is 0.732. The summed E-state index contributed by atoms with van der Waals surface area (Å²) in [6, 6.07) is 11.6. The van der Waals surface area contributed by atoms with E-state index in [9.17, 15) is 14.8 Å². The second-order valence-electron chi connectivity index (χ2n) is 10.8. The van der Waals surface area contributed by atoms with E-state index in [4.69, 9.17) is 32.5 Å². The molecule has 0 amide bonds. The highest BCUT2D eigenvalue weighted by Gasteiger charge is 2.53. The molecule has 4 aliphatic rings. The molecule has 3 aromatic rings. The lowest BCUT2D eigenvalue weighted by Gasteiger charge is -2.55. The van der Waals surface area contributed by atoms with Gasteiger partial charge < -0.3 is 14.4 Å². The third-order valence-corrected chi connectivity index (χ3v) is 9.35. The van der Waals surface area contributed by atoms with Gasteiger partial charge in [0, 0.05) is 28.0 Å². The van der Waals surface area contributed by atoms with Crippen LogP contribution in [0.1, 0.15) is 85.8 Å². The molecule has 0 radical (unpaired) electrons. The zero-order chi connectivity index (χ0) is 25.8. The van der Waals surface area contributed by atoms with E-state index < -0.39 is 17.3 Å². The Labute approximate surface area is 225 Å². The van der Waals surface area contributed by atoms with Crippen LogP contribution >= 0.6 is 23.2 Å². The van der Waals surface area contributed by atoms with Gasteiger partial charge in [0.2, 0.25) is 0 Å². The van der Waals surface area contributed by atoms with Crippen LogP contribution in [-0.2, 0) is 11.3 Å². The molecule has 0 aliphatic heterocycles. The lowest BCUT2D eigenvalue weighted by molar-refractivity contribution is -0.170. The number of nitrogens with zero attached hydrogens (tertiary/aromatic N) is 2. The normalized spacial score (nSPS) is 25.7. The molecule has 2 bridgehead atoms. The fraction of sp³-hybridized carbons (Fsp3) is 0.448. The van der Waals surface area contributed by atoms with Crippen LogP contribution in [0, 0.1) is 22.6 Å². The third kappa shape index (κ3) is 4.36. The van der Waals surface area contributed by atoms with Gasteiger partial charge in [-0.3, -0.25) is 0 Å². The Balaban J connectivity index is 1.22. The maximum Gasteiger partial charge on any atom is 0.145 e. The van der Waals surface area contributed by atoms with Crippen molar-refractivity contribution in [2.24, 2.45) is 5.41 Å². The average Bonchev–Trinajstić information content (AvgIpc) is 3.68. The first-order chi connectivity index (χ1) is 17.8. The molecule has 1 aromatic heterocycles. The Kier molecular flexibility index (Phi) is 6.32. The summed E-state index contributed by atoms with van der Waals surface area (Å²) >= 11 is 13.0. The van der Waals surface area contributed by atoms with E-state index in [1.165, 1.54) is 18.2 Å². The van der Waals surface area contributed by atoms with Gasteiger partial charge in [0.05, 0.1) is 40.0 Å². The topological polar surface area (TPSA) is 79.3 Å². The molecule has 5 nitrogen and oxygen atoms in total. The molecule has 1 heterocycles. The molecule has 1 atom stereocenters. The predicted molar refractivity (Wildman–Crippen MR) is 138 cm³/mol. The van der Waals surface area contributed by atoms with Gasteiger partial charge in [0.15, 0.2) is 0 Å². The summed E-state index contributed by atoms with van der Waals surface area (Å²) in [6.45, 7) is 0.348. The van der Waals surface area contributed by atoms with E-state index in [2.05, 4.69) is 5.16 Å². The molecule has 4 aliphatic carbocycles. The molecule has 1 unspecified atom stereocenters. The number of hydrogen-bond donors (Lipinski definition) is 1. The summed E-state index contributed by atoms with van der Waals surface area (Å²) in [4.78, 5) is 0. The van der Waals surface area contributed by atoms with Crippen molar-refractivity contribution in [2.75, 3.05) is 0 Å². The van der Waals surface area contributed by atoms with Crippen molar-refractivity contribution in [3.05, 3.63) is 74.7 Å². The second-order valence-corrected chi connectivity index (χ2v) is 11.6. The number of rotatable bonds is 7. The first-order valence-corrected chi connectivity index (χ1v) is 13.5. The maximum atomic E-state index is 14.6. The Hall–Kier alpha value is -2.43. The van der Waals surface area contributed by atoms with E-state index in [0.29, 0.717) is 39.4 Å². The standard InChI is InChI=1S/C29H27Cl2FN2O3/c30-21-2-1-3-22(31)24(21)25-20(26(37-34-25)18-5-6-18)16-36-29-11-8-28(9-12-29,10-13-29)27(35)19-14-17(15-33)4-7-23(19)32/h1-4,7,14,18,27,35H,5-6,8-13,16H2. The van der Waals surface area contributed by atoms with Crippen molar-refractivity contribution in [1.29, 1.82) is 5.26 Å². The lowest BCUT2D eigenvalue weighted by Crippen LogP contribution is -2.50. The highest BCUT2D eigenvalue weighted by molar-refractivity contribution is 6.39. The van der Waals surface area contributed by atoms with E-state index in [1.807, 2.05) is 6.07 Å². The van der Waals surface area contributed by atoms with Crippen LogP contribution in [0.3, 0.4) is 0 Å². The average molecular weight is 541 g/mol. The van der Waals surface area contributed by atoms with Crippen LogP contribution in [0.4, 0.5) is 4.39 Å². The molecule has 1 N–H and O–H groups in total. The molecule has 7 rings (SSSR count). The zero-order valence-electron chi connectivity index (χ0n) is 20.3. The molecular weight excluding hydrogens is 514 g/mol. The van der Waals surface area contributed by atoms with Gasteiger partial charge in [0.25, 0.3) is 0 Å². The number of aliphatic hydroxyl groups excluding tert-OH is 1. The lowest BCUT2D eigenvalue weighted by atomic mass is 9.55. The molecule has 8 heteroatoms. The molecule has 37 heavy (non-hydrogen) atoms. The fourth-order valence-electron chi connectivity index (χ4n) is 6.23. The number of aromatic nitrogens is 1. The molecule has 0 spiro atoms. The summed E-state index contributed by atoms with van der Waals surface area (Å²) in [6.07, 6.45) is 5.68. The number of ether oxygens (including phenoxy) is 1. The molecular formula is C29H27Cl2FN2O3. The van der Waals surface area contributed by atoms with Crippen LogP contribution in [0.2, 0.25) is 10.0 Å². The highest BCUT2D eigenvalue weighted by atomic mass is 35.5. The number of hydrogen-bond acceptors (Lipinski definition) is 5. The Bertz CT molecular complexity index is 1350. The molecule has 4 saturated carbocycles. The Morgan fingerprint density at radius 1 is 1.11 bits per heavy atom. The van der Waals surface area contributed by atoms with E-state index in [0.717, 1.165) is 62.7 Å². The van der Waals surface area contributed by atoms with Crippen molar-refractivity contribution in [1.82, 2.24) is 5.16 Å². The maximum absolute atomic E-state index is 14.6. The second kappa shape index (κ2) is 9.39. The first kappa shape index (κ1) is 24.9. The van der Waals surface area contributed by atoms with Gasteiger partial charge in [-0.2, -0.15) is 5.26 Å². The number of nitriles is 1. The van der Waals surface area contributed by atoms with Crippen molar-refractivity contribution >= 4 is 23.2 Å².